The fourth-order valence-electron chi connectivity index (χ4n) is 2.25. The van der Waals surface area contributed by atoms with Crippen molar-refractivity contribution in [3.05, 3.63) is 57.8 Å². The van der Waals surface area contributed by atoms with Crippen LogP contribution in [0.4, 0.5) is 4.39 Å². The molecule has 0 bridgehead atoms. The quantitative estimate of drug-likeness (QED) is 0.331. The molecule has 0 fully saturated rings. The first-order chi connectivity index (χ1) is 12.1. The van der Waals surface area contributed by atoms with Crippen LogP contribution in [0.1, 0.15) is 11.1 Å². The third kappa shape index (κ3) is 6.31. The van der Waals surface area contributed by atoms with Gasteiger partial charge in [-0.05, 0) is 41.5 Å². The van der Waals surface area contributed by atoms with Gasteiger partial charge in [-0.15, -0.1) is 24.0 Å². The number of aliphatic imine (C=N–C) groups is 1. The van der Waals surface area contributed by atoms with Crippen LogP contribution in [0.25, 0.3) is 0 Å². The van der Waals surface area contributed by atoms with Crippen molar-refractivity contribution in [3.8, 4) is 11.5 Å². The van der Waals surface area contributed by atoms with E-state index in [-0.39, 0.29) is 29.8 Å². The summed E-state index contributed by atoms with van der Waals surface area (Å²) in [5.74, 6) is 1.71. The summed E-state index contributed by atoms with van der Waals surface area (Å²) in [6.07, 6.45) is 0. The van der Waals surface area contributed by atoms with Gasteiger partial charge in [0.25, 0.3) is 0 Å². The maximum atomic E-state index is 13.3. The summed E-state index contributed by atoms with van der Waals surface area (Å²) >= 11 is 3.41. The maximum absolute atomic E-state index is 13.3. The van der Waals surface area contributed by atoms with E-state index in [9.17, 15) is 4.39 Å². The predicted octanol–water partition coefficient (Wildman–Crippen LogP) is 4.09. The van der Waals surface area contributed by atoms with Crippen LogP contribution < -0.4 is 20.1 Å². The molecule has 5 nitrogen and oxygen atoms in total. The van der Waals surface area contributed by atoms with E-state index in [0.29, 0.717) is 30.5 Å². The zero-order valence-corrected chi connectivity index (χ0v) is 18.7. The highest BCUT2D eigenvalue weighted by Gasteiger charge is 2.06. The van der Waals surface area contributed by atoms with E-state index in [4.69, 9.17) is 9.47 Å². The van der Waals surface area contributed by atoms with Gasteiger partial charge in [0.05, 0.1) is 14.2 Å². The molecule has 0 aliphatic carbocycles. The van der Waals surface area contributed by atoms with Crippen molar-refractivity contribution in [2.24, 2.45) is 4.99 Å². The van der Waals surface area contributed by atoms with Crippen LogP contribution in [-0.4, -0.2) is 27.2 Å². The smallest absolute Gasteiger partial charge is 0.191 e. The average Bonchev–Trinajstić information content (AvgIpc) is 2.64. The molecule has 0 aliphatic heterocycles. The van der Waals surface area contributed by atoms with Crippen molar-refractivity contribution >= 4 is 45.9 Å². The van der Waals surface area contributed by atoms with Crippen LogP contribution >= 0.6 is 39.9 Å². The minimum Gasteiger partial charge on any atom is -0.493 e. The van der Waals surface area contributed by atoms with E-state index in [1.807, 2.05) is 18.2 Å². The van der Waals surface area contributed by atoms with Gasteiger partial charge in [0.1, 0.15) is 5.82 Å². The Labute approximate surface area is 178 Å². The number of ether oxygens (including phenoxy) is 2. The largest absolute Gasteiger partial charge is 0.493 e. The second-order valence-corrected chi connectivity index (χ2v) is 6.06. The maximum Gasteiger partial charge on any atom is 0.191 e. The molecule has 26 heavy (non-hydrogen) atoms. The summed E-state index contributed by atoms with van der Waals surface area (Å²) in [6, 6.07) is 10.3. The molecule has 0 saturated carbocycles. The number of nitrogens with one attached hydrogen (secondary N) is 2. The molecule has 142 valence electrons. The number of halogens is 3. The zero-order chi connectivity index (χ0) is 18.2. The standard InChI is InChI=1S/C18H21BrFN3O2.HI/c1-21-18(23-11-13-9-14(20)5-6-15(13)19)22-10-12-4-7-16(24-2)17(8-12)25-3;/h4-9H,10-11H2,1-3H3,(H2,21,22,23);1H. The van der Waals surface area contributed by atoms with E-state index in [2.05, 4.69) is 31.6 Å². The number of methoxy groups -OCH3 is 2. The summed E-state index contributed by atoms with van der Waals surface area (Å²) < 4.78 is 24.7. The van der Waals surface area contributed by atoms with E-state index < -0.39 is 0 Å². The molecule has 2 aromatic carbocycles. The molecule has 0 atom stereocenters. The van der Waals surface area contributed by atoms with Gasteiger partial charge in [-0.1, -0.05) is 22.0 Å². The number of guanidine groups is 1. The molecule has 0 heterocycles. The van der Waals surface area contributed by atoms with Gasteiger partial charge in [-0.2, -0.15) is 0 Å². The first kappa shape index (κ1) is 22.5. The van der Waals surface area contributed by atoms with Gasteiger partial charge >= 0.3 is 0 Å². The average molecular weight is 538 g/mol. The first-order valence-corrected chi connectivity index (χ1v) is 8.46. The molecule has 0 radical (unpaired) electrons. The van der Waals surface area contributed by atoms with Gasteiger partial charge in [-0.3, -0.25) is 4.99 Å². The van der Waals surface area contributed by atoms with Crippen LogP contribution in [0.3, 0.4) is 0 Å². The lowest BCUT2D eigenvalue weighted by atomic mass is 10.2. The SMILES string of the molecule is CN=C(NCc1ccc(OC)c(OC)c1)NCc1cc(F)ccc1Br.I. The predicted molar refractivity (Wildman–Crippen MR) is 116 cm³/mol. The summed E-state index contributed by atoms with van der Waals surface area (Å²) in [4.78, 5) is 4.18. The lowest BCUT2D eigenvalue weighted by Gasteiger charge is -2.14. The molecule has 2 aromatic rings. The molecule has 0 unspecified atom stereocenters. The van der Waals surface area contributed by atoms with Crippen molar-refractivity contribution in [2.75, 3.05) is 21.3 Å². The Bertz CT molecular complexity index is 759. The summed E-state index contributed by atoms with van der Waals surface area (Å²) in [5, 5.41) is 6.37. The third-order valence-electron chi connectivity index (χ3n) is 3.59. The van der Waals surface area contributed by atoms with Crippen molar-refractivity contribution in [1.82, 2.24) is 10.6 Å². The normalized spacial score (nSPS) is 10.7. The molecule has 8 heteroatoms. The molecule has 0 aliphatic rings. The number of benzene rings is 2. The Hall–Kier alpha value is -1.55. The number of hydrogen-bond donors (Lipinski definition) is 2. The molecule has 0 amide bonds. The highest BCUT2D eigenvalue weighted by Crippen LogP contribution is 2.27. The number of hydrogen-bond acceptors (Lipinski definition) is 3. The Morgan fingerprint density at radius 3 is 2.38 bits per heavy atom. The Morgan fingerprint density at radius 2 is 1.73 bits per heavy atom. The fourth-order valence-corrected chi connectivity index (χ4v) is 2.64. The van der Waals surface area contributed by atoms with E-state index in [1.54, 1.807) is 27.3 Å². The monoisotopic (exact) mass is 537 g/mol. The van der Waals surface area contributed by atoms with Gasteiger partial charge in [0.15, 0.2) is 17.5 Å². The second kappa shape index (κ2) is 11.2. The number of rotatable bonds is 6. The molecule has 0 spiro atoms. The van der Waals surface area contributed by atoms with Crippen molar-refractivity contribution in [2.45, 2.75) is 13.1 Å². The topological polar surface area (TPSA) is 54.9 Å². The van der Waals surface area contributed by atoms with Crippen molar-refractivity contribution < 1.29 is 13.9 Å². The highest BCUT2D eigenvalue weighted by molar-refractivity contribution is 14.0. The second-order valence-electron chi connectivity index (χ2n) is 5.20. The molecule has 2 N–H and O–H groups in total. The van der Waals surface area contributed by atoms with Gasteiger partial charge in [-0.25, -0.2) is 4.39 Å². The molecule has 0 saturated heterocycles. The summed E-state index contributed by atoms with van der Waals surface area (Å²) in [5.41, 5.74) is 1.83. The van der Waals surface area contributed by atoms with E-state index >= 15 is 0 Å². The van der Waals surface area contributed by atoms with Crippen LogP contribution in [0, 0.1) is 5.82 Å². The third-order valence-corrected chi connectivity index (χ3v) is 4.36. The fraction of sp³-hybridized carbons (Fsp3) is 0.278. The molecule has 2 rings (SSSR count). The number of nitrogens with zero attached hydrogens (tertiary/aromatic N) is 1. The Balaban J connectivity index is 0.00000338. The van der Waals surface area contributed by atoms with Crippen molar-refractivity contribution in [3.63, 3.8) is 0 Å². The minimum absolute atomic E-state index is 0. The van der Waals surface area contributed by atoms with E-state index in [0.717, 1.165) is 15.6 Å². The van der Waals surface area contributed by atoms with Crippen LogP contribution in [0.5, 0.6) is 11.5 Å². The van der Waals surface area contributed by atoms with Crippen LogP contribution in [0.2, 0.25) is 0 Å². The van der Waals surface area contributed by atoms with Gasteiger partial charge in [0.2, 0.25) is 0 Å². The van der Waals surface area contributed by atoms with Crippen molar-refractivity contribution in [1.29, 1.82) is 0 Å². The lowest BCUT2D eigenvalue weighted by Crippen LogP contribution is -2.36. The first-order valence-electron chi connectivity index (χ1n) is 7.66. The van der Waals surface area contributed by atoms with Crippen LogP contribution in [-0.2, 0) is 13.1 Å². The van der Waals surface area contributed by atoms with Crippen LogP contribution in [0.15, 0.2) is 45.9 Å². The zero-order valence-electron chi connectivity index (χ0n) is 14.8. The van der Waals surface area contributed by atoms with Gasteiger partial charge in [0, 0.05) is 24.6 Å². The molecule has 0 aromatic heterocycles. The lowest BCUT2D eigenvalue weighted by molar-refractivity contribution is 0.354. The Morgan fingerprint density at radius 1 is 1.04 bits per heavy atom. The molecular weight excluding hydrogens is 516 g/mol. The summed E-state index contributed by atoms with van der Waals surface area (Å²) in [6.45, 7) is 1.01. The minimum atomic E-state index is -0.270. The molecular formula is C18H22BrFIN3O2. The summed E-state index contributed by atoms with van der Waals surface area (Å²) in [7, 11) is 4.89. The van der Waals surface area contributed by atoms with Gasteiger partial charge < -0.3 is 20.1 Å². The Kier molecular flexibility index (Phi) is 9.71. The van der Waals surface area contributed by atoms with E-state index in [1.165, 1.54) is 12.1 Å². The highest BCUT2D eigenvalue weighted by atomic mass is 127.